The van der Waals surface area contributed by atoms with Crippen LogP contribution in [0.2, 0.25) is 10.0 Å². The van der Waals surface area contributed by atoms with E-state index in [4.69, 9.17) is 28.3 Å². The molecule has 0 aliphatic carbocycles. The van der Waals surface area contributed by atoms with Crippen LogP contribution < -0.4 is 10.6 Å². The van der Waals surface area contributed by atoms with Crippen molar-refractivity contribution in [3.8, 4) is 0 Å². The van der Waals surface area contributed by atoms with Gasteiger partial charge >= 0.3 is 5.97 Å². The fraction of sp³-hybridized carbons (Fsp3) is 0.355. The van der Waals surface area contributed by atoms with Crippen molar-refractivity contribution in [2.45, 2.75) is 44.7 Å². The number of carboxylic acids is 1. The Balaban J connectivity index is 1.81. The molecular formula is C31H33Cl2F2N3O3. The maximum atomic E-state index is 15.8. The van der Waals surface area contributed by atoms with Gasteiger partial charge in [-0.2, -0.15) is 0 Å². The third-order valence-corrected chi connectivity index (χ3v) is 8.18. The van der Waals surface area contributed by atoms with Gasteiger partial charge in [0.25, 0.3) is 0 Å². The zero-order valence-electron chi connectivity index (χ0n) is 23.3. The molecule has 0 radical (unpaired) electrons. The monoisotopic (exact) mass is 603 g/mol. The Morgan fingerprint density at radius 2 is 1.76 bits per heavy atom. The summed E-state index contributed by atoms with van der Waals surface area (Å²) in [4.78, 5) is 26.5. The number of carboxylic acid groups (broad SMARTS) is 1. The van der Waals surface area contributed by atoms with Crippen molar-refractivity contribution >= 4 is 40.8 Å². The highest BCUT2D eigenvalue weighted by Gasteiger charge is 2.57. The number of halogens is 4. The first kappa shape index (κ1) is 30.9. The summed E-state index contributed by atoms with van der Waals surface area (Å²) in [7, 11) is 1.72. The molecule has 3 atom stereocenters. The first-order chi connectivity index (χ1) is 19.3. The first-order valence-electron chi connectivity index (χ1n) is 13.2. The SMILES string of the molecule is CN[C@@]1(c2ccc(Cl)cc2F)[C@@H](c2cccc(Cl)c2F)CN(CC(=O)Nc2ccc(C(=O)O)cc2)[C@H]1CC(C)(C)C. The molecule has 3 aromatic carbocycles. The van der Waals surface area contributed by atoms with Crippen LogP contribution in [0, 0.1) is 17.0 Å². The van der Waals surface area contributed by atoms with Crippen molar-refractivity contribution in [2.24, 2.45) is 5.41 Å². The molecule has 0 spiro atoms. The molecule has 0 saturated carbocycles. The van der Waals surface area contributed by atoms with Crippen LogP contribution in [0.3, 0.4) is 0 Å². The zero-order valence-corrected chi connectivity index (χ0v) is 24.8. The fourth-order valence-electron chi connectivity index (χ4n) is 5.95. The van der Waals surface area contributed by atoms with Crippen molar-refractivity contribution in [1.29, 1.82) is 0 Å². The molecule has 0 bridgehead atoms. The summed E-state index contributed by atoms with van der Waals surface area (Å²) in [6.07, 6.45) is 0.537. The van der Waals surface area contributed by atoms with Crippen molar-refractivity contribution in [2.75, 3.05) is 25.5 Å². The van der Waals surface area contributed by atoms with Gasteiger partial charge in [-0.3, -0.25) is 9.69 Å². The number of hydrogen-bond donors (Lipinski definition) is 3. The van der Waals surface area contributed by atoms with E-state index in [0.29, 0.717) is 23.2 Å². The Hall–Kier alpha value is -3.04. The van der Waals surface area contributed by atoms with Crippen LogP contribution in [0.1, 0.15) is 54.6 Å². The van der Waals surface area contributed by atoms with Gasteiger partial charge in [-0.25, -0.2) is 13.6 Å². The van der Waals surface area contributed by atoms with E-state index < -0.39 is 35.1 Å². The number of carbonyl (C=O) groups is 2. The lowest BCUT2D eigenvalue weighted by Crippen LogP contribution is -2.55. The average molecular weight is 605 g/mol. The van der Waals surface area contributed by atoms with Crippen LogP contribution in [0.15, 0.2) is 60.7 Å². The minimum absolute atomic E-state index is 0.0440. The van der Waals surface area contributed by atoms with Crippen LogP contribution >= 0.6 is 23.2 Å². The van der Waals surface area contributed by atoms with Crippen LogP contribution in [-0.4, -0.2) is 48.1 Å². The molecule has 1 amide bonds. The maximum Gasteiger partial charge on any atom is 0.335 e. The summed E-state index contributed by atoms with van der Waals surface area (Å²) in [5.41, 5.74) is -0.242. The Labute approximate surface area is 248 Å². The van der Waals surface area contributed by atoms with Gasteiger partial charge in [-0.1, -0.05) is 62.2 Å². The van der Waals surface area contributed by atoms with E-state index in [1.807, 2.05) is 4.90 Å². The topological polar surface area (TPSA) is 81.7 Å². The lowest BCUT2D eigenvalue weighted by Gasteiger charge is -2.44. The number of nitrogens with zero attached hydrogens (tertiary/aromatic N) is 1. The minimum Gasteiger partial charge on any atom is -0.478 e. The highest BCUT2D eigenvalue weighted by molar-refractivity contribution is 6.31. The summed E-state index contributed by atoms with van der Waals surface area (Å²) in [5.74, 6) is -3.17. The molecule has 6 nitrogen and oxygen atoms in total. The van der Waals surface area contributed by atoms with E-state index >= 15 is 8.78 Å². The molecule has 1 aliphatic rings. The number of likely N-dealkylation sites (N-methyl/N-ethyl adjacent to an activating group) is 1. The van der Waals surface area contributed by atoms with E-state index in [2.05, 4.69) is 31.4 Å². The molecule has 3 aromatic rings. The normalized spacial score (nSPS) is 21.2. The Bertz CT molecular complexity index is 1450. The van der Waals surface area contributed by atoms with E-state index in [0.717, 1.165) is 0 Å². The quantitative estimate of drug-likeness (QED) is 0.260. The summed E-state index contributed by atoms with van der Waals surface area (Å²) >= 11 is 12.3. The number of anilines is 1. The molecule has 4 rings (SSSR count). The summed E-state index contributed by atoms with van der Waals surface area (Å²) in [6, 6.07) is 14.6. The van der Waals surface area contributed by atoms with Gasteiger partial charge in [0.2, 0.25) is 5.91 Å². The van der Waals surface area contributed by atoms with E-state index in [9.17, 15) is 9.59 Å². The summed E-state index contributed by atoms with van der Waals surface area (Å²) < 4.78 is 31.4. The Morgan fingerprint density at radius 1 is 1.07 bits per heavy atom. The summed E-state index contributed by atoms with van der Waals surface area (Å²) in [5, 5.41) is 15.5. The van der Waals surface area contributed by atoms with Crippen molar-refractivity contribution in [3.63, 3.8) is 0 Å². The lowest BCUT2D eigenvalue weighted by atomic mass is 9.69. The predicted octanol–water partition coefficient (Wildman–Crippen LogP) is 6.93. The number of amides is 1. The minimum atomic E-state index is -1.16. The Kier molecular flexibility index (Phi) is 9.09. The molecule has 10 heteroatoms. The number of benzene rings is 3. The highest BCUT2D eigenvalue weighted by atomic mass is 35.5. The largest absolute Gasteiger partial charge is 0.478 e. The molecule has 1 fully saturated rings. The van der Waals surface area contributed by atoms with Crippen molar-refractivity contribution < 1.29 is 23.5 Å². The number of likely N-dealkylation sites (tertiary alicyclic amines) is 1. The highest BCUT2D eigenvalue weighted by Crippen LogP contribution is 2.52. The number of nitrogens with one attached hydrogen (secondary N) is 2. The predicted molar refractivity (Wildman–Crippen MR) is 158 cm³/mol. The molecule has 0 aromatic heterocycles. The van der Waals surface area contributed by atoms with Gasteiger partial charge in [0.15, 0.2) is 0 Å². The third-order valence-electron chi connectivity index (χ3n) is 7.65. The van der Waals surface area contributed by atoms with Gasteiger partial charge in [-0.15, -0.1) is 0 Å². The standard InChI is InChI=1S/C31H33Cl2F2N3O3/c1-30(2,3)15-26-31(36-4,22-13-10-19(32)14-25(22)34)23(21-6-5-7-24(33)28(21)35)16-38(26)17-27(39)37-20-11-8-18(9-12-20)29(40)41/h5-14,23,26,36H,15-17H2,1-4H3,(H,37,39)(H,40,41)/t23-,26+,31+/m1/s1. The summed E-state index contributed by atoms with van der Waals surface area (Å²) in [6.45, 7) is 6.33. The second-order valence-corrected chi connectivity index (χ2v) is 12.4. The molecule has 1 aliphatic heterocycles. The Morgan fingerprint density at radius 3 is 2.34 bits per heavy atom. The lowest BCUT2D eigenvalue weighted by molar-refractivity contribution is -0.117. The smallest absolute Gasteiger partial charge is 0.335 e. The van der Waals surface area contributed by atoms with Crippen molar-refractivity contribution in [1.82, 2.24) is 10.2 Å². The molecule has 218 valence electrons. The molecule has 1 saturated heterocycles. The van der Waals surface area contributed by atoms with Crippen molar-refractivity contribution in [3.05, 3.63) is 99.0 Å². The van der Waals surface area contributed by atoms with Crippen LogP contribution in [0.5, 0.6) is 0 Å². The number of carbonyl (C=O) groups excluding carboxylic acids is 1. The molecule has 0 unspecified atom stereocenters. The van der Waals surface area contributed by atoms with E-state index in [1.165, 1.54) is 36.4 Å². The second-order valence-electron chi connectivity index (χ2n) is 11.6. The first-order valence-corrected chi connectivity index (χ1v) is 14.0. The van der Waals surface area contributed by atoms with Gasteiger partial charge in [-0.05, 0) is 66.9 Å². The molecule has 1 heterocycles. The maximum absolute atomic E-state index is 15.8. The van der Waals surface area contributed by atoms with Gasteiger partial charge in [0, 0.05) is 34.8 Å². The van der Waals surface area contributed by atoms with Gasteiger partial charge < -0.3 is 15.7 Å². The van der Waals surface area contributed by atoms with Crippen LogP contribution in [-0.2, 0) is 10.3 Å². The third kappa shape index (κ3) is 6.41. The molecule has 3 N–H and O–H groups in total. The van der Waals surface area contributed by atoms with E-state index in [-0.39, 0.29) is 40.0 Å². The van der Waals surface area contributed by atoms with Gasteiger partial charge in [0.1, 0.15) is 11.6 Å². The number of hydrogen-bond acceptors (Lipinski definition) is 4. The van der Waals surface area contributed by atoms with Crippen LogP contribution in [0.4, 0.5) is 14.5 Å². The van der Waals surface area contributed by atoms with Crippen LogP contribution in [0.25, 0.3) is 0 Å². The zero-order chi connectivity index (χ0) is 30.1. The number of aromatic carboxylic acids is 1. The second kappa shape index (κ2) is 12.1. The molecular weight excluding hydrogens is 571 g/mol. The number of rotatable bonds is 8. The fourth-order valence-corrected chi connectivity index (χ4v) is 6.29. The van der Waals surface area contributed by atoms with E-state index in [1.54, 1.807) is 31.3 Å². The molecule has 41 heavy (non-hydrogen) atoms. The van der Waals surface area contributed by atoms with Gasteiger partial charge in [0.05, 0.1) is 22.7 Å². The average Bonchev–Trinajstić information content (AvgIpc) is 3.17.